The predicted molar refractivity (Wildman–Crippen MR) is 68.6 cm³/mol. The Labute approximate surface area is 111 Å². The first kappa shape index (κ1) is 17.1. The van der Waals surface area contributed by atoms with E-state index in [1.165, 1.54) is 9.80 Å². The molecule has 0 aliphatic rings. The van der Waals surface area contributed by atoms with E-state index < -0.39 is 13.0 Å². The van der Waals surface area contributed by atoms with Gasteiger partial charge in [-0.25, -0.2) is 8.78 Å². The van der Waals surface area contributed by atoms with Crippen LogP contribution >= 0.6 is 12.2 Å². The molecule has 0 saturated heterocycles. The molecule has 0 aliphatic carbocycles. The number of thiocarbonyl (C=S) groups is 1. The van der Waals surface area contributed by atoms with Gasteiger partial charge in [-0.1, -0.05) is 12.2 Å². The van der Waals surface area contributed by atoms with E-state index in [0.29, 0.717) is 18.0 Å². The number of halogens is 2. The third-order valence-electron chi connectivity index (χ3n) is 2.29. The van der Waals surface area contributed by atoms with Crippen molar-refractivity contribution in [1.82, 2.24) is 9.80 Å². The molecule has 18 heavy (non-hydrogen) atoms. The van der Waals surface area contributed by atoms with E-state index in [9.17, 15) is 13.6 Å². The lowest BCUT2D eigenvalue weighted by atomic mass is 10.3. The average molecular weight is 283 g/mol. The van der Waals surface area contributed by atoms with Crippen molar-refractivity contribution in [3.63, 3.8) is 0 Å². The van der Waals surface area contributed by atoms with Crippen LogP contribution in [0.25, 0.3) is 0 Å². The van der Waals surface area contributed by atoms with Crippen LogP contribution in [0.5, 0.6) is 0 Å². The van der Waals surface area contributed by atoms with Crippen LogP contribution in [0.15, 0.2) is 0 Å². The van der Waals surface area contributed by atoms with Crippen molar-refractivity contribution in [2.45, 2.75) is 12.8 Å². The zero-order chi connectivity index (χ0) is 14.1. The molecule has 1 amide bonds. The van der Waals surface area contributed by atoms with Crippen LogP contribution in [-0.4, -0.2) is 72.1 Å². The highest BCUT2D eigenvalue weighted by atomic mass is 32.1. The summed E-state index contributed by atoms with van der Waals surface area (Å²) in [5, 5.41) is 8.73. The summed E-state index contributed by atoms with van der Waals surface area (Å²) >= 11 is 4.68. The van der Waals surface area contributed by atoms with Gasteiger partial charge < -0.3 is 15.7 Å². The highest BCUT2D eigenvalue weighted by molar-refractivity contribution is 7.80. The maximum absolute atomic E-state index is 12.2. The standard InChI is InChI=1S/C10H19F2N3O2S/c1-14(3-2-9(13)18)10(17)7-15(4-5-16)6-8(11)12/h8,16H,2-7H2,1H3,(H2,13,18). The number of carbonyl (C=O) groups is 1. The Balaban J connectivity index is 4.17. The van der Waals surface area contributed by atoms with Crippen molar-refractivity contribution in [2.24, 2.45) is 5.73 Å². The molecule has 8 heteroatoms. The number of alkyl halides is 2. The second-order valence-corrected chi connectivity index (χ2v) is 4.41. The molecule has 0 bridgehead atoms. The minimum atomic E-state index is -2.54. The largest absolute Gasteiger partial charge is 0.395 e. The van der Waals surface area contributed by atoms with Crippen LogP contribution in [-0.2, 0) is 4.79 Å². The van der Waals surface area contributed by atoms with E-state index in [2.05, 4.69) is 12.2 Å². The molecule has 0 aromatic rings. The Morgan fingerprint density at radius 1 is 1.44 bits per heavy atom. The van der Waals surface area contributed by atoms with Crippen molar-refractivity contribution in [3.05, 3.63) is 0 Å². The Morgan fingerprint density at radius 3 is 2.50 bits per heavy atom. The van der Waals surface area contributed by atoms with E-state index in [-0.39, 0.29) is 25.6 Å². The molecule has 0 unspecified atom stereocenters. The van der Waals surface area contributed by atoms with Crippen LogP contribution in [0, 0.1) is 0 Å². The van der Waals surface area contributed by atoms with Crippen LogP contribution < -0.4 is 5.73 Å². The third-order valence-corrected chi connectivity index (χ3v) is 2.49. The highest BCUT2D eigenvalue weighted by Crippen LogP contribution is 2.00. The number of aliphatic hydroxyl groups is 1. The Morgan fingerprint density at radius 2 is 2.06 bits per heavy atom. The molecule has 0 rings (SSSR count). The van der Waals surface area contributed by atoms with Gasteiger partial charge in [-0.05, 0) is 0 Å². The Hall–Kier alpha value is -0.860. The Bertz CT molecular complexity index is 280. The molecular formula is C10H19F2N3O2S. The lowest BCUT2D eigenvalue weighted by Gasteiger charge is -2.24. The monoisotopic (exact) mass is 283 g/mol. The van der Waals surface area contributed by atoms with E-state index in [1.807, 2.05) is 0 Å². The van der Waals surface area contributed by atoms with Gasteiger partial charge in [-0.3, -0.25) is 9.69 Å². The average Bonchev–Trinajstić information content (AvgIpc) is 2.25. The summed E-state index contributed by atoms with van der Waals surface area (Å²) in [4.78, 5) is 14.6. The molecule has 106 valence electrons. The summed E-state index contributed by atoms with van der Waals surface area (Å²) in [5.41, 5.74) is 5.31. The summed E-state index contributed by atoms with van der Waals surface area (Å²) in [6, 6.07) is 0. The number of rotatable bonds is 9. The van der Waals surface area contributed by atoms with Crippen molar-refractivity contribution in [3.8, 4) is 0 Å². The predicted octanol–water partition coefficient (Wildman–Crippen LogP) is -0.320. The maximum atomic E-state index is 12.2. The fourth-order valence-corrected chi connectivity index (χ4v) is 1.38. The molecule has 0 atom stereocenters. The first-order valence-corrected chi connectivity index (χ1v) is 5.91. The summed E-state index contributed by atoms with van der Waals surface area (Å²) in [7, 11) is 1.56. The quantitative estimate of drug-likeness (QED) is 0.568. The normalized spacial score (nSPS) is 11.0. The minimum Gasteiger partial charge on any atom is -0.395 e. The molecule has 0 heterocycles. The number of nitrogens with two attached hydrogens (primary N) is 1. The zero-order valence-electron chi connectivity index (χ0n) is 10.3. The Kier molecular flexibility index (Phi) is 8.69. The molecule has 0 aromatic carbocycles. The minimum absolute atomic E-state index is 0.0409. The number of carbonyl (C=O) groups excluding carboxylic acids is 1. The number of aliphatic hydroxyl groups excluding tert-OH is 1. The number of hydrogen-bond donors (Lipinski definition) is 2. The lowest BCUT2D eigenvalue weighted by Crippen LogP contribution is -2.42. The van der Waals surface area contributed by atoms with Crippen molar-refractivity contribution >= 4 is 23.1 Å². The maximum Gasteiger partial charge on any atom is 0.251 e. The molecule has 0 spiro atoms. The molecule has 0 aromatic heterocycles. The molecule has 0 fully saturated rings. The zero-order valence-corrected chi connectivity index (χ0v) is 11.1. The molecule has 3 N–H and O–H groups in total. The summed E-state index contributed by atoms with van der Waals surface area (Å²) < 4.78 is 24.5. The highest BCUT2D eigenvalue weighted by Gasteiger charge is 2.17. The number of amides is 1. The van der Waals surface area contributed by atoms with Gasteiger partial charge in [-0.2, -0.15) is 0 Å². The van der Waals surface area contributed by atoms with Gasteiger partial charge in [0, 0.05) is 26.6 Å². The van der Waals surface area contributed by atoms with Gasteiger partial charge in [-0.15, -0.1) is 0 Å². The molecule has 0 saturated carbocycles. The van der Waals surface area contributed by atoms with Gasteiger partial charge in [0.2, 0.25) is 5.91 Å². The fourth-order valence-electron chi connectivity index (χ4n) is 1.29. The molecule has 0 radical (unpaired) electrons. The summed E-state index contributed by atoms with van der Waals surface area (Å²) in [6.45, 7) is -0.556. The van der Waals surface area contributed by atoms with Crippen LogP contribution in [0.3, 0.4) is 0 Å². The van der Waals surface area contributed by atoms with E-state index in [0.717, 1.165) is 0 Å². The second kappa shape index (κ2) is 9.12. The number of hydrogen-bond acceptors (Lipinski definition) is 4. The fraction of sp³-hybridized carbons (Fsp3) is 0.800. The van der Waals surface area contributed by atoms with Gasteiger partial charge >= 0.3 is 0 Å². The van der Waals surface area contributed by atoms with Gasteiger partial charge in [0.25, 0.3) is 6.43 Å². The summed E-state index contributed by atoms with van der Waals surface area (Å²) in [5.74, 6) is -0.305. The number of nitrogens with zero attached hydrogens (tertiary/aromatic N) is 2. The summed E-state index contributed by atoms with van der Waals surface area (Å²) in [6.07, 6.45) is -2.14. The van der Waals surface area contributed by atoms with Gasteiger partial charge in [0.15, 0.2) is 0 Å². The van der Waals surface area contributed by atoms with E-state index >= 15 is 0 Å². The first-order valence-electron chi connectivity index (χ1n) is 5.50. The molecule has 0 aliphatic heterocycles. The first-order chi connectivity index (χ1) is 8.36. The van der Waals surface area contributed by atoms with Crippen LogP contribution in [0.4, 0.5) is 8.78 Å². The van der Waals surface area contributed by atoms with Crippen molar-refractivity contribution in [2.75, 3.05) is 39.8 Å². The van der Waals surface area contributed by atoms with Crippen LogP contribution in [0.2, 0.25) is 0 Å². The lowest BCUT2D eigenvalue weighted by molar-refractivity contribution is -0.131. The third kappa shape index (κ3) is 8.26. The number of likely N-dealkylation sites (N-methyl/N-ethyl adjacent to an activating group) is 1. The molecule has 5 nitrogen and oxygen atoms in total. The molecular weight excluding hydrogens is 264 g/mol. The van der Waals surface area contributed by atoms with Gasteiger partial charge in [0.05, 0.1) is 24.7 Å². The van der Waals surface area contributed by atoms with Crippen LogP contribution in [0.1, 0.15) is 6.42 Å². The topological polar surface area (TPSA) is 69.8 Å². The SMILES string of the molecule is CN(CCC(N)=S)C(=O)CN(CCO)CC(F)F. The van der Waals surface area contributed by atoms with E-state index in [1.54, 1.807) is 7.05 Å². The van der Waals surface area contributed by atoms with Gasteiger partial charge in [0.1, 0.15) is 0 Å². The van der Waals surface area contributed by atoms with E-state index in [4.69, 9.17) is 10.8 Å². The smallest absolute Gasteiger partial charge is 0.251 e. The second-order valence-electron chi connectivity index (χ2n) is 3.88. The van der Waals surface area contributed by atoms with Crippen molar-refractivity contribution in [1.29, 1.82) is 0 Å². The van der Waals surface area contributed by atoms with Crippen molar-refractivity contribution < 1.29 is 18.7 Å².